The predicted molar refractivity (Wildman–Crippen MR) is 61.7 cm³/mol. The maximum absolute atomic E-state index is 10.3. The molecule has 76 valence electrons. The second-order valence-electron chi connectivity index (χ2n) is 2.51. The Morgan fingerprint density at radius 1 is 1.86 bits per heavy atom. The standard InChI is InChI=1S/C8H10BrN3OS/c1-2-7-6(9)3-5(14-7)4-11-12-8(10)13/h3-4H,2H2,1H3,(H3,10,12,13). The molecule has 0 radical (unpaired) electrons. The van der Waals surface area contributed by atoms with Gasteiger partial charge in [0.2, 0.25) is 0 Å². The first-order chi connectivity index (χ1) is 6.63. The second kappa shape index (κ2) is 5.11. The number of halogens is 1. The first kappa shape index (κ1) is 11.2. The van der Waals surface area contributed by atoms with Gasteiger partial charge in [-0.3, -0.25) is 0 Å². The third-order valence-corrected chi connectivity index (χ3v) is 3.65. The van der Waals surface area contributed by atoms with Crippen LogP contribution in [0.25, 0.3) is 0 Å². The zero-order valence-corrected chi connectivity index (χ0v) is 9.98. The number of hydrogen-bond donors (Lipinski definition) is 2. The minimum atomic E-state index is -0.660. The van der Waals surface area contributed by atoms with E-state index in [2.05, 4.69) is 33.4 Å². The molecule has 4 nitrogen and oxygen atoms in total. The van der Waals surface area contributed by atoms with Crippen LogP contribution in [-0.4, -0.2) is 12.2 Å². The number of hydrogen-bond acceptors (Lipinski definition) is 3. The molecule has 0 saturated carbocycles. The Morgan fingerprint density at radius 3 is 3.07 bits per heavy atom. The second-order valence-corrected chi connectivity index (χ2v) is 4.53. The van der Waals surface area contributed by atoms with Gasteiger partial charge in [0.15, 0.2) is 0 Å². The maximum atomic E-state index is 10.3. The molecule has 0 aromatic carbocycles. The quantitative estimate of drug-likeness (QED) is 0.644. The fourth-order valence-corrected chi connectivity index (χ4v) is 2.68. The van der Waals surface area contributed by atoms with Crippen molar-refractivity contribution < 1.29 is 4.79 Å². The fourth-order valence-electron chi connectivity index (χ4n) is 0.890. The summed E-state index contributed by atoms with van der Waals surface area (Å²) in [5.74, 6) is 0. The SMILES string of the molecule is CCc1sc(C=NNC(N)=O)cc1Br. The Morgan fingerprint density at radius 2 is 2.57 bits per heavy atom. The highest BCUT2D eigenvalue weighted by atomic mass is 79.9. The number of primary amides is 1. The molecule has 0 aliphatic carbocycles. The first-order valence-corrected chi connectivity index (χ1v) is 5.61. The topological polar surface area (TPSA) is 67.5 Å². The monoisotopic (exact) mass is 275 g/mol. The van der Waals surface area contributed by atoms with Crippen LogP contribution in [0, 0.1) is 0 Å². The molecular formula is C8H10BrN3OS. The van der Waals surface area contributed by atoms with Crippen molar-refractivity contribution in [3.63, 3.8) is 0 Å². The van der Waals surface area contributed by atoms with Crippen LogP contribution in [0.4, 0.5) is 4.79 Å². The Bertz CT molecular complexity index is 361. The number of urea groups is 1. The van der Waals surface area contributed by atoms with Gasteiger partial charge in [-0.1, -0.05) is 6.92 Å². The molecular weight excluding hydrogens is 266 g/mol. The number of nitrogens with two attached hydrogens (primary N) is 1. The minimum absolute atomic E-state index is 0.660. The third kappa shape index (κ3) is 3.12. The van der Waals surface area contributed by atoms with E-state index in [9.17, 15) is 4.79 Å². The van der Waals surface area contributed by atoms with Gasteiger partial charge < -0.3 is 5.73 Å². The number of amides is 2. The van der Waals surface area contributed by atoms with Crippen LogP contribution in [-0.2, 0) is 6.42 Å². The summed E-state index contributed by atoms with van der Waals surface area (Å²) < 4.78 is 1.07. The minimum Gasteiger partial charge on any atom is -0.350 e. The zero-order valence-electron chi connectivity index (χ0n) is 7.58. The maximum Gasteiger partial charge on any atom is 0.332 e. The lowest BCUT2D eigenvalue weighted by molar-refractivity contribution is 0.249. The van der Waals surface area contributed by atoms with E-state index in [0.29, 0.717) is 0 Å². The summed E-state index contributed by atoms with van der Waals surface area (Å²) in [6.45, 7) is 2.08. The molecule has 3 N–H and O–H groups in total. The van der Waals surface area contributed by atoms with E-state index in [1.165, 1.54) is 4.88 Å². The van der Waals surface area contributed by atoms with Crippen LogP contribution in [0.2, 0.25) is 0 Å². The number of rotatable bonds is 3. The molecule has 0 bridgehead atoms. The van der Waals surface area contributed by atoms with Crippen LogP contribution in [0.1, 0.15) is 16.7 Å². The van der Waals surface area contributed by atoms with E-state index in [1.54, 1.807) is 17.6 Å². The largest absolute Gasteiger partial charge is 0.350 e. The third-order valence-electron chi connectivity index (χ3n) is 1.46. The van der Waals surface area contributed by atoms with E-state index >= 15 is 0 Å². The smallest absolute Gasteiger partial charge is 0.332 e. The van der Waals surface area contributed by atoms with Gasteiger partial charge in [-0.15, -0.1) is 11.3 Å². The summed E-state index contributed by atoms with van der Waals surface area (Å²) in [4.78, 5) is 12.5. The number of carbonyl (C=O) groups is 1. The summed E-state index contributed by atoms with van der Waals surface area (Å²) in [6, 6.07) is 1.29. The van der Waals surface area contributed by atoms with Crippen LogP contribution < -0.4 is 11.2 Å². The van der Waals surface area contributed by atoms with Gasteiger partial charge in [-0.2, -0.15) is 5.10 Å². The lowest BCUT2D eigenvalue weighted by Crippen LogP contribution is -2.24. The first-order valence-electron chi connectivity index (χ1n) is 4.00. The summed E-state index contributed by atoms with van der Waals surface area (Å²) in [5, 5.41) is 3.67. The van der Waals surface area contributed by atoms with Gasteiger partial charge in [0.05, 0.1) is 6.21 Å². The highest BCUT2D eigenvalue weighted by Crippen LogP contribution is 2.26. The van der Waals surface area contributed by atoms with Gasteiger partial charge in [-0.25, -0.2) is 10.2 Å². The van der Waals surface area contributed by atoms with Crippen molar-refractivity contribution in [2.24, 2.45) is 10.8 Å². The van der Waals surface area contributed by atoms with E-state index in [1.807, 2.05) is 6.07 Å². The fraction of sp³-hybridized carbons (Fsp3) is 0.250. The lowest BCUT2D eigenvalue weighted by atomic mass is 10.4. The van der Waals surface area contributed by atoms with Crippen molar-refractivity contribution in [2.45, 2.75) is 13.3 Å². The molecule has 6 heteroatoms. The van der Waals surface area contributed by atoms with E-state index in [0.717, 1.165) is 15.8 Å². The average molecular weight is 276 g/mol. The summed E-state index contributed by atoms with van der Waals surface area (Å²) in [7, 11) is 0. The molecule has 0 fully saturated rings. The average Bonchev–Trinajstić information content (AvgIpc) is 2.45. The van der Waals surface area contributed by atoms with Crippen LogP contribution in [0.3, 0.4) is 0 Å². The van der Waals surface area contributed by atoms with Crippen molar-refractivity contribution in [3.8, 4) is 0 Å². The van der Waals surface area contributed by atoms with Crippen molar-refractivity contribution in [3.05, 3.63) is 20.3 Å². The molecule has 1 heterocycles. The number of aryl methyl sites for hydroxylation is 1. The Balaban J connectivity index is 2.67. The van der Waals surface area contributed by atoms with Crippen molar-refractivity contribution in [1.82, 2.24) is 5.43 Å². The molecule has 1 aromatic heterocycles. The number of hydrazone groups is 1. The Hall–Kier alpha value is -0.880. The van der Waals surface area contributed by atoms with Crippen LogP contribution in [0.5, 0.6) is 0 Å². The molecule has 2 amide bonds. The van der Waals surface area contributed by atoms with Crippen LogP contribution >= 0.6 is 27.3 Å². The molecule has 0 atom stereocenters. The number of nitrogens with one attached hydrogen (secondary N) is 1. The van der Waals surface area contributed by atoms with Crippen molar-refractivity contribution >= 4 is 39.5 Å². The number of carbonyl (C=O) groups excluding carboxylic acids is 1. The van der Waals surface area contributed by atoms with Gasteiger partial charge in [-0.05, 0) is 28.4 Å². The number of thiophene rings is 1. The molecule has 0 spiro atoms. The van der Waals surface area contributed by atoms with Crippen molar-refractivity contribution in [1.29, 1.82) is 0 Å². The highest BCUT2D eigenvalue weighted by molar-refractivity contribution is 9.10. The molecule has 0 unspecified atom stereocenters. The Kier molecular flexibility index (Phi) is 4.09. The van der Waals surface area contributed by atoms with Crippen molar-refractivity contribution in [2.75, 3.05) is 0 Å². The molecule has 0 aliphatic heterocycles. The summed E-state index contributed by atoms with van der Waals surface area (Å²) in [6.07, 6.45) is 2.54. The van der Waals surface area contributed by atoms with Crippen LogP contribution in [0.15, 0.2) is 15.6 Å². The summed E-state index contributed by atoms with van der Waals surface area (Å²) >= 11 is 5.06. The Labute approximate surface area is 94.3 Å². The summed E-state index contributed by atoms with van der Waals surface area (Å²) in [5.41, 5.74) is 6.99. The van der Waals surface area contributed by atoms with Gasteiger partial charge in [0.25, 0.3) is 0 Å². The highest BCUT2D eigenvalue weighted by Gasteiger charge is 2.02. The molecule has 0 aliphatic rings. The lowest BCUT2D eigenvalue weighted by Gasteiger charge is -1.88. The van der Waals surface area contributed by atoms with E-state index in [-0.39, 0.29) is 0 Å². The van der Waals surface area contributed by atoms with Gasteiger partial charge in [0, 0.05) is 14.2 Å². The van der Waals surface area contributed by atoms with E-state index in [4.69, 9.17) is 5.73 Å². The molecule has 0 saturated heterocycles. The normalized spacial score (nSPS) is 10.7. The molecule has 14 heavy (non-hydrogen) atoms. The molecule has 1 rings (SSSR count). The van der Waals surface area contributed by atoms with Gasteiger partial charge >= 0.3 is 6.03 Å². The van der Waals surface area contributed by atoms with E-state index < -0.39 is 6.03 Å². The van der Waals surface area contributed by atoms with Gasteiger partial charge in [0.1, 0.15) is 0 Å². The zero-order chi connectivity index (χ0) is 10.6. The predicted octanol–water partition coefficient (Wildman–Crippen LogP) is 2.08. The molecule has 1 aromatic rings. The number of nitrogens with zero attached hydrogens (tertiary/aromatic N) is 1.